The fourth-order valence-corrected chi connectivity index (χ4v) is 3.09. The number of pyridine rings is 1. The number of aryl methyl sites for hydroxylation is 1. The monoisotopic (exact) mass is 355 g/mol. The predicted molar refractivity (Wildman–Crippen MR) is 76.1 cm³/mol. The summed E-state index contributed by atoms with van der Waals surface area (Å²) in [5.41, 5.74) is 3.40. The minimum absolute atomic E-state index is 0.217. The molecule has 4 heteroatoms. The van der Waals surface area contributed by atoms with Crippen LogP contribution in [0.2, 0.25) is 0 Å². The van der Waals surface area contributed by atoms with E-state index < -0.39 is 0 Å². The number of aromatic nitrogens is 1. The minimum Gasteiger partial charge on any atom is -0.488 e. The molecule has 0 unspecified atom stereocenters. The third kappa shape index (κ3) is 1.87. The molecule has 1 aromatic carbocycles. The Kier molecular flexibility index (Phi) is 2.87. The zero-order valence-corrected chi connectivity index (χ0v) is 12.5. The molecule has 1 atom stereocenters. The van der Waals surface area contributed by atoms with E-state index in [1.165, 1.54) is 11.1 Å². The van der Waals surface area contributed by atoms with Gasteiger partial charge in [-0.1, -0.05) is 27.6 Å². The smallest absolute Gasteiger partial charge is 0.135 e. The highest BCUT2D eigenvalue weighted by molar-refractivity contribution is 9.10. The van der Waals surface area contributed by atoms with Gasteiger partial charge in [0, 0.05) is 22.7 Å². The van der Waals surface area contributed by atoms with E-state index in [0.717, 1.165) is 33.0 Å². The molecule has 0 saturated carbocycles. The number of fused-ring (bicyclic) bond motifs is 3. The summed E-state index contributed by atoms with van der Waals surface area (Å²) in [6.07, 6.45) is 1.13. The van der Waals surface area contributed by atoms with Crippen molar-refractivity contribution in [2.45, 2.75) is 19.4 Å². The molecular weight excluding hydrogens is 346 g/mol. The molecule has 3 rings (SSSR count). The Morgan fingerprint density at radius 3 is 3.06 bits per heavy atom. The Balaban J connectivity index is 2.28. The van der Waals surface area contributed by atoms with Crippen LogP contribution in [0.25, 0.3) is 10.9 Å². The molecule has 1 aliphatic rings. The average Bonchev–Trinajstić information content (AvgIpc) is 2.75. The first-order valence-corrected chi connectivity index (χ1v) is 7.42. The van der Waals surface area contributed by atoms with E-state index >= 15 is 0 Å². The largest absolute Gasteiger partial charge is 0.488 e. The van der Waals surface area contributed by atoms with Crippen molar-refractivity contribution in [3.05, 3.63) is 33.9 Å². The van der Waals surface area contributed by atoms with Gasteiger partial charge in [0.1, 0.15) is 16.5 Å². The summed E-state index contributed by atoms with van der Waals surface area (Å²) in [4.78, 5) is 4.58. The molecule has 2 nitrogen and oxygen atoms in total. The molecule has 0 spiro atoms. The molecule has 0 amide bonds. The van der Waals surface area contributed by atoms with Gasteiger partial charge in [-0.2, -0.15) is 0 Å². The van der Waals surface area contributed by atoms with Gasteiger partial charge in [-0.3, -0.25) is 0 Å². The van der Waals surface area contributed by atoms with Crippen molar-refractivity contribution in [3.8, 4) is 5.75 Å². The Hall–Kier alpha value is -0.610. The highest BCUT2D eigenvalue weighted by atomic mass is 79.9. The standard InChI is InChI=1S/C13H11Br2NO/c1-7-2-3-11-9(4-7)12-10(13(15)16-11)5-8(6-14)17-12/h2-4,8H,5-6H2,1H3/t8-/m0/s1. The van der Waals surface area contributed by atoms with Crippen LogP contribution in [0.1, 0.15) is 11.1 Å². The van der Waals surface area contributed by atoms with Gasteiger partial charge in [0.25, 0.3) is 0 Å². The van der Waals surface area contributed by atoms with E-state index in [1.807, 2.05) is 6.07 Å². The average molecular weight is 357 g/mol. The number of nitrogens with zero attached hydrogens (tertiary/aromatic N) is 1. The van der Waals surface area contributed by atoms with Crippen LogP contribution < -0.4 is 4.74 Å². The fraction of sp³-hybridized carbons (Fsp3) is 0.308. The van der Waals surface area contributed by atoms with E-state index in [0.29, 0.717) is 0 Å². The maximum Gasteiger partial charge on any atom is 0.135 e. The van der Waals surface area contributed by atoms with Crippen LogP contribution in [0.15, 0.2) is 22.8 Å². The van der Waals surface area contributed by atoms with Gasteiger partial charge in [0.15, 0.2) is 0 Å². The van der Waals surface area contributed by atoms with Gasteiger partial charge in [0.2, 0.25) is 0 Å². The minimum atomic E-state index is 0.217. The molecule has 17 heavy (non-hydrogen) atoms. The van der Waals surface area contributed by atoms with E-state index in [9.17, 15) is 0 Å². The number of hydrogen-bond acceptors (Lipinski definition) is 2. The van der Waals surface area contributed by atoms with Crippen molar-refractivity contribution in [1.29, 1.82) is 0 Å². The van der Waals surface area contributed by atoms with Crippen molar-refractivity contribution in [2.24, 2.45) is 0 Å². The van der Waals surface area contributed by atoms with Crippen LogP contribution in [0.4, 0.5) is 0 Å². The zero-order chi connectivity index (χ0) is 12.0. The van der Waals surface area contributed by atoms with E-state index in [-0.39, 0.29) is 6.10 Å². The summed E-state index contributed by atoms with van der Waals surface area (Å²) in [6.45, 7) is 2.09. The molecule has 2 heterocycles. The predicted octanol–water partition coefficient (Wildman–Crippen LogP) is 4.00. The maximum atomic E-state index is 5.99. The van der Waals surface area contributed by atoms with Gasteiger partial charge in [-0.05, 0) is 35.0 Å². The van der Waals surface area contributed by atoms with Crippen LogP contribution in [0.5, 0.6) is 5.75 Å². The highest BCUT2D eigenvalue weighted by Crippen LogP contribution is 2.40. The number of ether oxygens (including phenoxy) is 1. The molecule has 1 aliphatic heterocycles. The summed E-state index contributed by atoms with van der Waals surface area (Å²) in [7, 11) is 0. The van der Waals surface area contributed by atoms with Crippen LogP contribution in [-0.2, 0) is 6.42 Å². The van der Waals surface area contributed by atoms with Crippen molar-refractivity contribution in [3.63, 3.8) is 0 Å². The van der Waals surface area contributed by atoms with Crippen molar-refractivity contribution < 1.29 is 4.74 Å². The molecule has 88 valence electrons. The van der Waals surface area contributed by atoms with Crippen molar-refractivity contribution >= 4 is 42.8 Å². The van der Waals surface area contributed by atoms with Gasteiger partial charge < -0.3 is 4.74 Å². The van der Waals surface area contributed by atoms with E-state index in [4.69, 9.17) is 4.74 Å². The van der Waals surface area contributed by atoms with Crippen LogP contribution in [0, 0.1) is 6.92 Å². The highest BCUT2D eigenvalue weighted by Gasteiger charge is 2.27. The summed E-state index contributed by atoms with van der Waals surface area (Å²) < 4.78 is 6.90. The SMILES string of the molecule is Cc1ccc2nc(Br)c3c(c2c1)O[C@H](CBr)C3. The van der Waals surface area contributed by atoms with Gasteiger partial charge in [-0.25, -0.2) is 4.98 Å². The van der Waals surface area contributed by atoms with Crippen LogP contribution in [0.3, 0.4) is 0 Å². The second-order valence-corrected chi connectivity index (χ2v) is 5.73. The lowest BCUT2D eigenvalue weighted by molar-refractivity contribution is 0.263. The lowest BCUT2D eigenvalue weighted by Gasteiger charge is -2.08. The van der Waals surface area contributed by atoms with E-state index in [2.05, 4.69) is 55.9 Å². The number of benzene rings is 1. The number of rotatable bonds is 1. The normalized spacial score (nSPS) is 18.2. The zero-order valence-electron chi connectivity index (χ0n) is 9.34. The van der Waals surface area contributed by atoms with Crippen LogP contribution in [-0.4, -0.2) is 16.4 Å². The topological polar surface area (TPSA) is 22.1 Å². The summed E-state index contributed by atoms with van der Waals surface area (Å²) in [6, 6.07) is 6.26. The quantitative estimate of drug-likeness (QED) is 0.569. The summed E-state index contributed by atoms with van der Waals surface area (Å²) >= 11 is 7.01. The van der Waals surface area contributed by atoms with E-state index in [1.54, 1.807) is 0 Å². The first-order chi connectivity index (χ1) is 8.19. The third-order valence-corrected chi connectivity index (χ3v) is 4.40. The maximum absolute atomic E-state index is 5.99. The first kappa shape index (κ1) is 11.5. The van der Waals surface area contributed by atoms with Gasteiger partial charge in [-0.15, -0.1) is 0 Å². The van der Waals surface area contributed by atoms with Gasteiger partial charge in [0.05, 0.1) is 5.52 Å². The summed E-state index contributed by atoms with van der Waals surface area (Å²) in [5.74, 6) is 0.995. The number of alkyl halides is 1. The Morgan fingerprint density at radius 1 is 1.47 bits per heavy atom. The van der Waals surface area contributed by atoms with Gasteiger partial charge >= 0.3 is 0 Å². The second-order valence-electron chi connectivity index (χ2n) is 4.33. The van der Waals surface area contributed by atoms with Crippen molar-refractivity contribution in [2.75, 3.05) is 5.33 Å². The Bertz CT molecular complexity index is 597. The third-order valence-electron chi connectivity index (χ3n) is 3.03. The number of halogens is 2. The Morgan fingerprint density at radius 2 is 2.29 bits per heavy atom. The second kappa shape index (κ2) is 4.25. The number of hydrogen-bond donors (Lipinski definition) is 0. The van der Waals surface area contributed by atoms with Crippen molar-refractivity contribution in [1.82, 2.24) is 4.98 Å². The molecule has 0 aliphatic carbocycles. The molecule has 1 aromatic heterocycles. The Labute approximate surface area is 117 Å². The molecule has 2 aromatic rings. The molecule has 0 fully saturated rings. The molecule has 0 radical (unpaired) electrons. The molecule has 0 N–H and O–H groups in total. The first-order valence-electron chi connectivity index (χ1n) is 5.50. The lowest BCUT2D eigenvalue weighted by Crippen LogP contribution is -2.13. The van der Waals surface area contributed by atoms with Crippen LogP contribution >= 0.6 is 31.9 Å². The lowest BCUT2D eigenvalue weighted by atomic mass is 10.1. The summed E-state index contributed by atoms with van der Waals surface area (Å²) in [5, 5.41) is 1.97. The fourth-order valence-electron chi connectivity index (χ4n) is 2.19. The molecule has 0 saturated heterocycles. The molecule has 0 bridgehead atoms. The molecular formula is C13H11Br2NO.